The van der Waals surface area contributed by atoms with Crippen LogP contribution in [0.3, 0.4) is 0 Å². The number of ether oxygens (including phenoxy) is 1. The molecule has 0 saturated heterocycles. The maximum absolute atomic E-state index is 6.14. The third kappa shape index (κ3) is 3.45. The number of nitrogens with two attached hydrogens (primary N) is 1. The fourth-order valence-electron chi connectivity index (χ4n) is 1.52. The highest BCUT2D eigenvalue weighted by Gasteiger charge is 2.17. The quantitative estimate of drug-likeness (QED) is 0.824. The zero-order chi connectivity index (χ0) is 12.1. The Balaban J connectivity index is 2.65. The van der Waals surface area contributed by atoms with Crippen LogP contribution in [0.2, 0.25) is 0 Å². The van der Waals surface area contributed by atoms with Gasteiger partial charge >= 0.3 is 0 Å². The first kappa shape index (κ1) is 12.9. The minimum Gasteiger partial charge on any atom is -0.481 e. The fourth-order valence-corrected chi connectivity index (χ4v) is 1.52. The molecule has 16 heavy (non-hydrogen) atoms. The van der Waals surface area contributed by atoms with E-state index in [4.69, 9.17) is 10.5 Å². The number of hydrogen-bond donors (Lipinski definition) is 1. The van der Waals surface area contributed by atoms with E-state index in [1.54, 1.807) is 7.11 Å². The van der Waals surface area contributed by atoms with Gasteiger partial charge in [-0.1, -0.05) is 20.8 Å². The van der Waals surface area contributed by atoms with Crippen LogP contribution < -0.4 is 10.5 Å². The van der Waals surface area contributed by atoms with Gasteiger partial charge in [0, 0.05) is 24.2 Å². The van der Waals surface area contributed by atoms with Crippen LogP contribution in [0, 0.1) is 11.8 Å². The Labute approximate surface area is 97.2 Å². The highest BCUT2D eigenvalue weighted by atomic mass is 16.5. The summed E-state index contributed by atoms with van der Waals surface area (Å²) in [6, 6.07) is 1.96. The highest BCUT2D eigenvalue weighted by molar-refractivity contribution is 5.14. The minimum absolute atomic E-state index is 0.125. The van der Waals surface area contributed by atoms with Crippen LogP contribution in [0.5, 0.6) is 5.88 Å². The van der Waals surface area contributed by atoms with Crippen molar-refractivity contribution >= 4 is 0 Å². The molecule has 0 saturated carbocycles. The molecule has 0 amide bonds. The second-order valence-electron chi connectivity index (χ2n) is 4.52. The van der Waals surface area contributed by atoms with E-state index in [1.807, 2.05) is 6.07 Å². The number of rotatable bonds is 5. The molecule has 1 heterocycles. The molecular formula is C12H21N3O. The summed E-state index contributed by atoms with van der Waals surface area (Å²) in [5, 5.41) is 0. The second-order valence-corrected chi connectivity index (χ2v) is 4.52. The fraction of sp³-hybridized carbons (Fsp3) is 0.667. The van der Waals surface area contributed by atoms with Crippen LogP contribution in [0.1, 0.15) is 26.5 Å². The van der Waals surface area contributed by atoms with E-state index in [0.717, 1.165) is 12.1 Å². The molecule has 1 rings (SSSR count). The Morgan fingerprint density at radius 2 is 2.00 bits per heavy atom. The van der Waals surface area contributed by atoms with E-state index in [0.29, 0.717) is 17.7 Å². The maximum Gasteiger partial charge on any atom is 0.216 e. The molecule has 0 fully saturated rings. The summed E-state index contributed by atoms with van der Waals surface area (Å²) in [7, 11) is 1.60. The molecule has 1 aromatic heterocycles. The van der Waals surface area contributed by atoms with E-state index in [1.165, 1.54) is 6.33 Å². The Kier molecular flexibility index (Phi) is 4.68. The first-order valence-electron chi connectivity index (χ1n) is 5.65. The average molecular weight is 223 g/mol. The largest absolute Gasteiger partial charge is 0.481 e. The van der Waals surface area contributed by atoms with Gasteiger partial charge in [-0.2, -0.15) is 0 Å². The first-order valence-corrected chi connectivity index (χ1v) is 5.65. The van der Waals surface area contributed by atoms with Gasteiger partial charge < -0.3 is 10.5 Å². The van der Waals surface area contributed by atoms with Crippen LogP contribution in [0.4, 0.5) is 0 Å². The zero-order valence-corrected chi connectivity index (χ0v) is 10.5. The standard InChI is InChI=1S/C12H21N3O/c1-8(2)9(3)11(13)5-10-6-12(16-4)15-7-14-10/h6-9,11H,5,13H2,1-4H3. The van der Waals surface area contributed by atoms with Crippen molar-refractivity contribution in [2.75, 3.05) is 7.11 Å². The summed E-state index contributed by atoms with van der Waals surface area (Å²) < 4.78 is 5.05. The molecule has 0 aliphatic carbocycles. The average Bonchev–Trinajstić information content (AvgIpc) is 2.28. The van der Waals surface area contributed by atoms with Crippen molar-refractivity contribution in [3.05, 3.63) is 18.1 Å². The van der Waals surface area contributed by atoms with Gasteiger partial charge in [0.2, 0.25) is 5.88 Å². The van der Waals surface area contributed by atoms with Crippen molar-refractivity contribution < 1.29 is 4.74 Å². The molecular weight excluding hydrogens is 202 g/mol. The van der Waals surface area contributed by atoms with Gasteiger partial charge in [-0.05, 0) is 11.8 Å². The summed E-state index contributed by atoms with van der Waals surface area (Å²) in [5.74, 6) is 1.65. The van der Waals surface area contributed by atoms with Crippen molar-refractivity contribution in [2.45, 2.75) is 33.2 Å². The number of nitrogens with zero attached hydrogens (tertiary/aromatic N) is 2. The molecule has 2 unspecified atom stereocenters. The van der Waals surface area contributed by atoms with Gasteiger partial charge in [-0.3, -0.25) is 0 Å². The topological polar surface area (TPSA) is 61.0 Å². The van der Waals surface area contributed by atoms with Crippen LogP contribution in [0.15, 0.2) is 12.4 Å². The lowest BCUT2D eigenvalue weighted by molar-refractivity contribution is 0.342. The molecule has 2 atom stereocenters. The van der Waals surface area contributed by atoms with Crippen molar-refractivity contribution in [3.63, 3.8) is 0 Å². The Morgan fingerprint density at radius 1 is 1.31 bits per heavy atom. The third-order valence-corrected chi connectivity index (χ3v) is 3.08. The van der Waals surface area contributed by atoms with Gasteiger partial charge in [-0.25, -0.2) is 9.97 Å². The van der Waals surface area contributed by atoms with E-state index >= 15 is 0 Å². The van der Waals surface area contributed by atoms with Crippen LogP contribution in [0.25, 0.3) is 0 Å². The van der Waals surface area contributed by atoms with Crippen LogP contribution in [-0.4, -0.2) is 23.1 Å². The summed E-state index contributed by atoms with van der Waals surface area (Å²) in [6.45, 7) is 6.55. The van der Waals surface area contributed by atoms with Crippen LogP contribution >= 0.6 is 0 Å². The monoisotopic (exact) mass is 223 g/mol. The molecule has 0 aliphatic rings. The lowest BCUT2D eigenvalue weighted by Gasteiger charge is -2.22. The van der Waals surface area contributed by atoms with Crippen molar-refractivity contribution in [2.24, 2.45) is 17.6 Å². The lowest BCUT2D eigenvalue weighted by atomic mass is 9.88. The zero-order valence-electron chi connectivity index (χ0n) is 10.5. The summed E-state index contributed by atoms with van der Waals surface area (Å²) in [4.78, 5) is 8.17. The third-order valence-electron chi connectivity index (χ3n) is 3.08. The van der Waals surface area contributed by atoms with E-state index < -0.39 is 0 Å². The molecule has 0 radical (unpaired) electrons. The Bertz CT molecular complexity index is 328. The summed E-state index contributed by atoms with van der Waals surface area (Å²) in [6.07, 6.45) is 2.28. The highest BCUT2D eigenvalue weighted by Crippen LogP contribution is 2.16. The summed E-state index contributed by atoms with van der Waals surface area (Å²) in [5.41, 5.74) is 7.08. The molecule has 0 spiro atoms. The Hall–Kier alpha value is -1.16. The van der Waals surface area contributed by atoms with E-state index in [9.17, 15) is 0 Å². The first-order chi connectivity index (χ1) is 7.54. The Morgan fingerprint density at radius 3 is 2.56 bits per heavy atom. The molecule has 1 aromatic rings. The minimum atomic E-state index is 0.125. The number of aromatic nitrogens is 2. The molecule has 4 nitrogen and oxygen atoms in total. The number of methoxy groups -OCH3 is 1. The van der Waals surface area contributed by atoms with Gasteiger partial charge in [0.1, 0.15) is 6.33 Å². The lowest BCUT2D eigenvalue weighted by Crippen LogP contribution is -2.33. The summed E-state index contributed by atoms with van der Waals surface area (Å²) >= 11 is 0. The SMILES string of the molecule is COc1cc(CC(N)C(C)C(C)C)ncn1. The van der Waals surface area contributed by atoms with Crippen molar-refractivity contribution in [1.29, 1.82) is 0 Å². The predicted molar refractivity (Wildman–Crippen MR) is 64.3 cm³/mol. The second kappa shape index (κ2) is 5.80. The van der Waals surface area contributed by atoms with Gasteiger partial charge in [0.15, 0.2) is 0 Å². The van der Waals surface area contributed by atoms with Gasteiger partial charge in [0.05, 0.1) is 7.11 Å². The van der Waals surface area contributed by atoms with Gasteiger partial charge in [-0.15, -0.1) is 0 Å². The smallest absolute Gasteiger partial charge is 0.216 e. The van der Waals surface area contributed by atoms with E-state index in [-0.39, 0.29) is 6.04 Å². The van der Waals surface area contributed by atoms with Gasteiger partial charge in [0.25, 0.3) is 0 Å². The van der Waals surface area contributed by atoms with Crippen LogP contribution in [-0.2, 0) is 6.42 Å². The van der Waals surface area contributed by atoms with E-state index in [2.05, 4.69) is 30.7 Å². The molecule has 90 valence electrons. The molecule has 4 heteroatoms. The van der Waals surface area contributed by atoms with Crippen molar-refractivity contribution in [3.8, 4) is 5.88 Å². The molecule has 2 N–H and O–H groups in total. The normalized spacial score (nSPS) is 14.9. The number of hydrogen-bond acceptors (Lipinski definition) is 4. The van der Waals surface area contributed by atoms with Crippen molar-refractivity contribution in [1.82, 2.24) is 9.97 Å². The molecule has 0 aromatic carbocycles. The molecule has 0 bridgehead atoms. The predicted octanol–water partition coefficient (Wildman–Crippen LogP) is 1.65. The molecule has 0 aliphatic heterocycles. The maximum atomic E-state index is 6.14.